The second kappa shape index (κ2) is 13.9. The van der Waals surface area contributed by atoms with Crippen molar-refractivity contribution >= 4 is 72.7 Å². The van der Waals surface area contributed by atoms with E-state index in [9.17, 15) is 0 Å². The Hall–Kier alpha value is -3.92. The number of oxime groups is 2. The molecule has 51 heavy (non-hydrogen) atoms. The third-order valence-electron chi connectivity index (χ3n) is 9.85. The van der Waals surface area contributed by atoms with Crippen LogP contribution in [0, 0.1) is 0 Å². The van der Waals surface area contributed by atoms with Crippen LogP contribution < -0.4 is 0 Å². The molecule has 0 aromatic heterocycles. The topological polar surface area (TPSA) is 55.7 Å². The molecule has 1 saturated heterocycles. The fourth-order valence-corrected chi connectivity index (χ4v) is 8.40. The number of ether oxygens (including phenoxy) is 1. The fourth-order valence-electron chi connectivity index (χ4n) is 7.24. The molecule has 4 atom stereocenters. The van der Waals surface area contributed by atoms with Crippen LogP contribution in [0.25, 0.3) is 6.08 Å². The number of halogens is 4. The fraction of sp³-hybridized carbons (Fsp3) is 0.171. The van der Waals surface area contributed by atoms with Crippen LogP contribution in [0.1, 0.15) is 46.7 Å². The molecule has 3 heterocycles. The first-order valence-corrected chi connectivity index (χ1v) is 18.8. The molecule has 0 amide bonds. The molecule has 0 bridgehead atoms. The highest BCUT2D eigenvalue weighted by Gasteiger charge is 2.74. The minimum absolute atomic E-state index is 0.0101. The molecule has 10 heteroatoms. The van der Waals surface area contributed by atoms with Crippen LogP contribution in [0.5, 0.6) is 0 Å². The number of rotatable bonds is 6. The van der Waals surface area contributed by atoms with Crippen molar-refractivity contribution in [3.8, 4) is 0 Å². The lowest BCUT2D eigenvalue weighted by molar-refractivity contribution is -0.279. The molecule has 256 valence electrons. The van der Waals surface area contributed by atoms with Gasteiger partial charge in [-0.1, -0.05) is 139 Å². The number of fused-ring (bicyclic) bond motifs is 1. The van der Waals surface area contributed by atoms with E-state index in [1.165, 1.54) is 5.56 Å². The Bertz CT molecular complexity index is 2180. The average molecular weight is 844 g/mol. The van der Waals surface area contributed by atoms with Gasteiger partial charge in [-0.05, 0) is 83.4 Å². The zero-order chi connectivity index (χ0) is 35.2. The van der Waals surface area contributed by atoms with Crippen LogP contribution in [0.2, 0.25) is 10.0 Å². The number of likely N-dealkylation sites (tertiary alicyclic amines) is 1. The second-order valence-corrected chi connectivity index (χ2v) is 15.4. The molecule has 2 spiro atoms. The van der Waals surface area contributed by atoms with Gasteiger partial charge in [0, 0.05) is 48.3 Å². The third-order valence-corrected chi connectivity index (χ3v) is 11.8. The van der Waals surface area contributed by atoms with Crippen molar-refractivity contribution in [2.45, 2.75) is 30.3 Å². The summed E-state index contributed by atoms with van der Waals surface area (Å²) in [5.74, 6) is -1.73. The first-order valence-electron chi connectivity index (χ1n) is 16.5. The van der Waals surface area contributed by atoms with Crippen LogP contribution in [0.3, 0.4) is 0 Å². The monoisotopic (exact) mass is 841 g/mol. The lowest BCUT2D eigenvalue weighted by atomic mass is 9.68. The molecule has 8 rings (SSSR count). The zero-order valence-electron chi connectivity index (χ0n) is 27.3. The first kappa shape index (κ1) is 34.2. The molecule has 0 unspecified atom stereocenters. The molecule has 0 aliphatic carbocycles. The number of piperidine rings is 1. The predicted molar refractivity (Wildman–Crippen MR) is 210 cm³/mol. The van der Waals surface area contributed by atoms with Crippen molar-refractivity contribution in [2.24, 2.45) is 10.3 Å². The lowest BCUT2D eigenvalue weighted by Gasteiger charge is -2.52. The van der Waals surface area contributed by atoms with E-state index in [1.807, 2.05) is 91.0 Å². The first-order chi connectivity index (χ1) is 24.8. The van der Waals surface area contributed by atoms with Gasteiger partial charge in [-0.25, -0.2) is 0 Å². The van der Waals surface area contributed by atoms with Crippen molar-refractivity contribution in [3.05, 3.63) is 180 Å². The highest BCUT2D eigenvalue weighted by molar-refractivity contribution is 9.10. The number of hydrogen-bond donors (Lipinski definition) is 0. The van der Waals surface area contributed by atoms with Gasteiger partial charge in [0.05, 0.1) is 18.2 Å². The molecule has 6 nitrogen and oxygen atoms in total. The summed E-state index contributed by atoms with van der Waals surface area (Å²) >= 11 is 20.3. The summed E-state index contributed by atoms with van der Waals surface area (Å²) in [6.45, 7) is 3.09. The van der Waals surface area contributed by atoms with E-state index in [4.69, 9.17) is 42.8 Å². The summed E-state index contributed by atoms with van der Waals surface area (Å²) in [5.41, 5.74) is 4.93. The maximum Gasteiger partial charge on any atom is 0.346 e. The quantitative estimate of drug-likeness (QED) is 0.171. The number of hydrogen-bond acceptors (Lipinski definition) is 6. The zero-order valence-corrected chi connectivity index (χ0v) is 32.0. The van der Waals surface area contributed by atoms with Crippen LogP contribution in [-0.4, -0.2) is 41.0 Å². The van der Waals surface area contributed by atoms with E-state index < -0.39 is 17.3 Å². The minimum atomic E-state index is -1.55. The van der Waals surface area contributed by atoms with E-state index in [0.29, 0.717) is 29.0 Å². The Morgan fingerprint density at radius 2 is 1.37 bits per heavy atom. The highest BCUT2D eigenvalue weighted by Crippen LogP contribution is 2.57. The highest BCUT2D eigenvalue weighted by atomic mass is 79.9. The molecule has 0 saturated carbocycles. The van der Waals surface area contributed by atoms with E-state index >= 15 is 0 Å². The Kier molecular flexibility index (Phi) is 9.32. The molecule has 5 aromatic rings. The molecule has 1 fully saturated rings. The van der Waals surface area contributed by atoms with Gasteiger partial charge in [0.2, 0.25) is 5.60 Å². The maximum absolute atomic E-state index is 7.15. The van der Waals surface area contributed by atoms with E-state index in [-0.39, 0.29) is 6.04 Å². The summed E-state index contributed by atoms with van der Waals surface area (Å²) in [7, 11) is 0. The molecule has 3 aliphatic heterocycles. The number of nitrogens with zero attached hydrogens (tertiary/aromatic N) is 3. The van der Waals surface area contributed by atoms with E-state index in [1.54, 1.807) is 0 Å². The average Bonchev–Trinajstić information content (AvgIpc) is 3.76. The molecule has 0 radical (unpaired) electrons. The summed E-state index contributed by atoms with van der Waals surface area (Å²) in [5, 5.41) is 10.8. The summed E-state index contributed by atoms with van der Waals surface area (Å²) in [6.07, 6.45) is 2.12. The molecular weight excluding hydrogens is 813 g/mol. The molecule has 0 N–H and O–H groups in total. The predicted octanol–water partition coefficient (Wildman–Crippen LogP) is 11.0. The van der Waals surface area contributed by atoms with Gasteiger partial charge in [-0.2, -0.15) is 0 Å². The van der Waals surface area contributed by atoms with Crippen LogP contribution in [0.4, 0.5) is 0 Å². The summed E-state index contributed by atoms with van der Waals surface area (Å²) in [4.78, 5) is 16.1. The number of benzene rings is 5. The smallest absolute Gasteiger partial charge is 0.346 e. The SMILES string of the molecule is C[C@H](c1ccccc1)N1C/C(=C\c2ccccc2Br)[C@]2(ON=C(c3ccc(Cl)cc3)O2)[C@]2(C1)ON=C(c1ccc(Cl)cc1)[C@H]2c1ccccc1Br. The van der Waals surface area contributed by atoms with E-state index in [0.717, 1.165) is 42.5 Å². The Balaban J connectivity index is 1.38. The molecule has 3 aliphatic rings. The van der Waals surface area contributed by atoms with Gasteiger partial charge in [-0.15, -0.1) is 0 Å². The Labute approximate surface area is 323 Å². The standard InChI is InChI=1S/C41H31Br2Cl2N3O3/c1-26(27-9-3-2-4-10-27)48-24-31(23-30-11-5-7-13-35(30)42)41(49-39(47-51-41)29-17-21-33(45)22-18-29)40(25-48)37(34-12-6-8-14-36(34)43)38(46-50-40)28-15-19-32(44)20-16-28/h2-23,26,37H,24-25H2,1H3/b31-23+/t26-,37-,40-,41+/m1/s1. The molecule has 5 aromatic carbocycles. The molecular formula is C41H31Br2Cl2N3O3. The third kappa shape index (κ3) is 6.11. The Morgan fingerprint density at radius 3 is 2.06 bits per heavy atom. The van der Waals surface area contributed by atoms with Crippen molar-refractivity contribution in [1.29, 1.82) is 0 Å². The van der Waals surface area contributed by atoms with Crippen molar-refractivity contribution in [1.82, 2.24) is 4.90 Å². The lowest BCUT2D eigenvalue weighted by Crippen LogP contribution is -2.70. The largest absolute Gasteiger partial charge is 0.422 e. The minimum Gasteiger partial charge on any atom is -0.422 e. The Morgan fingerprint density at radius 1 is 0.745 bits per heavy atom. The van der Waals surface area contributed by atoms with Crippen LogP contribution in [-0.2, 0) is 14.4 Å². The van der Waals surface area contributed by atoms with Crippen molar-refractivity contribution < 1.29 is 14.4 Å². The van der Waals surface area contributed by atoms with Crippen molar-refractivity contribution in [3.63, 3.8) is 0 Å². The van der Waals surface area contributed by atoms with Gasteiger partial charge in [-0.3, -0.25) is 4.90 Å². The maximum atomic E-state index is 7.15. The summed E-state index contributed by atoms with van der Waals surface area (Å²) < 4.78 is 8.98. The van der Waals surface area contributed by atoms with Crippen molar-refractivity contribution in [2.75, 3.05) is 13.1 Å². The second-order valence-electron chi connectivity index (χ2n) is 12.8. The normalized spacial score (nSPS) is 24.2. The van der Waals surface area contributed by atoms with Gasteiger partial charge in [0.25, 0.3) is 5.90 Å². The van der Waals surface area contributed by atoms with Gasteiger partial charge in [0.1, 0.15) is 0 Å². The van der Waals surface area contributed by atoms with Crippen LogP contribution >= 0.6 is 55.1 Å². The van der Waals surface area contributed by atoms with Crippen LogP contribution in [0.15, 0.2) is 152 Å². The van der Waals surface area contributed by atoms with Gasteiger partial charge in [0.15, 0.2) is 0 Å². The van der Waals surface area contributed by atoms with Gasteiger partial charge < -0.3 is 14.4 Å². The summed E-state index contributed by atoms with van der Waals surface area (Å²) in [6, 6.07) is 41.7. The van der Waals surface area contributed by atoms with E-state index in [2.05, 4.69) is 91.3 Å². The van der Waals surface area contributed by atoms with Gasteiger partial charge >= 0.3 is 5.79 Å².